The molecule has 0 atom stereocenters. The summed E-state index contributed by atoms with van der Waals surface area (Å²) in [4.78, 5) is 20.8. The molecule has 0 saturated heterocycles. The summed E-state index contributed by atoms with van der Waals surface area (Å²) in [7, 11) is -3.89. The van der Waals surface area contributed by atoms with Gasteiger partial charge in [0.15, 0.2) is 5.82 Å². The van der Waals surface area contributed by atoms with Crippen molar-refractivity contribution in [2.24, 2.45) is 0 Å². The predicted molar refractivity (Wildman–Crippen MR) is 72.6 cm³/mol. The summed E-state index contributed by atoms with van der Waals surface area (Å²) >= 11 is 8.65. The van der Waals surface area contributed by atoms with E-state index in [1.807, 2.05) is 0 Å². The first kappa shape index (κ1) is 14.0. The van der Waals surface area contributed by atoms with E-state index >= 15 is 0 Å². The third-order valence-electron chi connectivity index (χ3n) is 2.00. The van der Waals surface area contributed by atoms with E-state index in [0.717, 1.165) is 12.3 Å². The first-order chi connectivity index (χ1) is 8.88. The number of nitrogens with zero attached hydrogens (tertiary/aromatic N) is 2. The van der Waals surface area contributed by atoms with Crippen molar-refractivity contribution in [1.82, 2.24) is 15.0 Å². The Morgan fingerprint density at radius 3 is 2.63 bits per heavy atom. The maximum absolute atomic E-state index is 12.0. The molecule has 0 bridgehead atoms. The number of anilines is 1. The molecule has 0 aliphatic heterocycles. The van der Waals surface area contributed by atoms with Gasteiger partial charge in [-0.15, -0.1) is 0 Å². The Morgan fingerprint density at radius 1 is 1.32 bits per heavy atom. The van der Waals surface area contributed by atoms with Crippen LogP contribution < -0.4 is 10.3 Å². The third-order valence-corrected chi connectivity index (χ3v) is 4.03. The van der Waals surface area contributed by atoms with E-state index < -0.39 is 15.6 Å². The summed E-state index contributed by atoms with van der Waals surface area (Å²) < 4.78 is 26.6. The minimum atomic E-state index is -3.89. The molecule has 0 radical (unpaired) electrons. The van der Waals surface area contributed by atoms with Gasteiger partial charge in [-0.25, -0.2) is 18.4 Å². The van der Waals surface area contributed by atoms with Crippen molar-refractivity contribution in [1.29, 1.82) is 0 Å². The van der Waals surface area contributed by atoms with Crippen molar-refractivity contribution in [3.63, 3.8) is 0 Å². The summed E-state index contributed by atoms with van der Waals surface area (Å²) in [6.45, 7) is 0. The molecular weight excluding hydrogens is 360 g/mol. The molecule has 19 heavy (non-hydrogen) atoms. The van der Waals surface area contributed by atoms with E-state index in [4.69, 9.17) is 11.6 Å². The normalized spacial score (nSPS) is 11.3. The Bertz CT molecular complexity index is 760. The number of aromatic nitrogens is 3. The second kappa shape index (κ2) is 5.27. The van der Waals surface area contributed by atoms with Crippen LogP contribution in [0.1, 0.15) is 0 Å². The average Bonchev–Trinajstić information content (AvgIpc) is 2.35. The molecule has 0 amide bonds. The van der Waals surface area contributed by atoms with E-state index in [1.54, 1.807) is 0 Å². The van der Waals surface area contributed by atoms with Gasteiger partial charge in [-0.05, 0) is 22.0 Å². The zero-order valence-corrected chi connectivity index (χ0v) is 12.3. The first-order valence-corrected chi connectivity index (χ1v) is 7.42. The predicted octanol–water partition coefficient (Wildman–Crippen LogP) is 1.38. The summed E-state index contributed by atoms with van der Waals surface area (Å²) in [5, 5.41) is -0.218. The number of halogens is 2. The smallest absolute Gasteiger partial charge is 0.266 e. The Hall–Kier alpha value is -1.45. The topological polar surface area (TPSA) is 105 Å². The van der Waals surface area contributed by atoms with Gasteiger partial charge in [0.05, 0.1) is 12.4 Å². The number of pyridine rings is 1. The average molecular weight is 366 g/mol. The van der Waals surface area contributed by atoms with Crippen LogP contribution in [-0.2, 0) is 10.0 Å². The molecule has 2 rings (SSSR count). The molecule has 2 heterocycles. The van der Waals surface area contributed by atoms with E-state index in [0.29, 0.717) is 4.60 Å². The van der Waals surface area contributed by atoms with Gasteiger partial charge in [-0.1, -0.05) is 11.6 Å². The van der Waals surface area contributed by atoms with Crippen LogP contribution in [0.4, 0.5) is 5.82 Å². The molecule has 2 N–H and O–H groups in total. The number of nitrogens with one attached hydrogen (secondary N) is 2. The number of sulfonamides is 1. The van der Waals surface area contributed by atoms with Crippen LogP contribution in [0.5, 0.6) is 0 Å². The highest BCUT2D eigenvalue weighted by molar-refractivity contribution is 9.10. The lowest BCUT2D eigenvalue weighted by molar-refractivity contribution is 0.600. The van der Waals surface area contributed by atoms with Gasteiger partial charge in [0.25, 0.3) is 15.6 Å². The van der Waals surface area contributed by atoms with Gasteiger partial charge >= 0.3 is 0 Å². The van der Waals surface area contributed by atoms with Gasteiger partial charge in [0.1, 0.15) is 14.5 Å². The fourth-order valence-electron chi connectivity index (χ4n) is 1.15. The maximum atomic E-state index is 12.0. The van der Waals surface area contributed by atoms with Gasteiger partial charge in [-0.2, -0.15) is 0 Å². The molecule has 0 aliphatic rings. The molecule has 10 heteroatoms. The molecular formula is C9H6BrClN4O3S. The summed E-state index contributed by atoms with van der Waals surface area (Å²) in [5.41, 5.74) is -0.566. The van der Waals surface area contributed by atoms with Crippen molar-refractivity contribution in [3.05, 3.63) is 44.6 Å². The summed E-state index contributed by atoms with van der Waals surface area (Å²) in [5.74, 6) is 0.0468. The van der Waals surface area contributed by atoms with Crippen molar-refractivity contribution in [3.8, 4) is 0 Å². The lowest BCUT2D eigenvalue weighted by atomic mass is 10.5. The Kier molecular flexibility index (Phi) is 3.88. The zero-order chi connectivity index (χ0) is 14.0. The monoisotopic (exact) mass is 364 g/mol. The third kappa shape index (κ3) is 3.31. The molecule has 2 aromatic heterocycles. The minimum Gasteiger partial charge on any atom is -0.326 e. The molecule has 0 unspecified atom stereocenters. The Balaban J connectivity index is 2.34. The van der Waals surface area contributed by atoms with Crippen molar-refractivity contribution in [2.45, 2.75) is 4.90 Å². The van der Waals surface area contributed by atoms with E-state index in [1.165, 1.54) is 12.4 Å². The molecule has 7 nitrogen and oxygen atoms in total. The number of hydrogen-bond acceptors (Lipinski definition) is 5. The molecule has 0 saturated carbocycles. The molecule has 0 aliphatic carbocycles. The highest BCUT2D eigenvalue weighted by Gasteiger charge is 2.16. The van der Waals surface area contributed by atoms with Crippen molar-refractivity contribution < 1.29 is 8.42 Å². The van der Waals surface area contributed by atoms with E-state index in [2.05, 4.69) is 35.6 Å². The van der Waals surface area contributed by atoms with Crippen LogP contribution in [0.2, 0.25) is 5.02 Å². The van der Waals surface area contributed by atoms with Gasteiger partial charge in [0.2, 0.25) is 0 Å². The lowest BCUT2D eigenvalue weighted by Gasteiger charge is -2.06. The quantitative estimate of drug-likeness (QED) is 0.855. The largest absolute Gasteiger partial charge is 0.326 e. The molecule has 0 spiro atoms. The van der Waals surface area contributed by atoms with Crippen LogP contribution >= 0.6 is 27.5 Å². The lowest BCUT2D eigenvalue weighted by Crippen LogP contribution is -2.16. The van der Waals surface area contributed by atoms with Crippen LogP contribution in [0.3, 0.4) is 0 Å². The van der Waals surface area contributed by atoms with Crippen LogP contribution in [0.25, 0.3) is 0 Å². The van der Waals surface area contributed by atoms with Crippen LogP contribution in [0.15, 0.2) is 39.0 Å². The number of hydrogen-bond donors (Lipinski definition) is 2. The van der Waals surface area contributed by atoms with Crippen molar-refractivity contribution >= 4 is 43.4 Å². The standard InChI is InChI=1S/C9H6BrClN4O3S/c10-7-3-13-8(4-12-7)15-19(17,18)5-1-6(11)9(16)14-2-5/h1-4H,(H,13,15)(H,14,16). The highest BCUT2D eigenvalue weighted by atomic mass is 79.9. The second-order valence-corrected chi connectivity index (χ2v) is 6.24. The fourth-order valence-corrected chi connectivity index (χ4v) is 2.58. The van der Waals surface area contributed by atoms with Crippen LogP contribution in [-0.4, -0.2) is 23.4 Å². The van der Waals surface area contributed by atoms with Crippen molar-refractivity contribution in [2.75, 3.05) is 4.72 Å². The van der Waals surface area contributed by atoms with E-state index in [-0.39, 0.29) is 15.7 Å². The minimum absolute atomic E-state index is 0.0468. The molecule has 0 fully saturated rings. The van der Waals surface area contributed by atoms with E-state index in [9.17, 15) is 13.2 Å². The van der Waals surface area contributed by atoms with Gasteiger partial charge in [-0.3, -0.25) is 9.52 Å². The molecule has 2 aromatic rings. The van der Waals surface area contributed by atoms with Gasteiger partial charge < -0.3 is 4.98 Å². The first-order valence-electron chi connectivity index (χ1n) is 4.77. The molecule has 0 aromatic carbocycles. The SMILES string of the molecule is O=c1[nH]cc(S(=O)(=O)Nc2cnc(Br)cn2)cc1Cl. The maximum Gasteiger partial charge on any atom is 0.266 e. The Labute approximate surface area is 121 Å². The molecule has 100 valence electrons. The van der Waals surface area contributed by atoms with Crippen LogP contribution in [0, 0.1) is 0 Å². The number of H-pyrrole nitrogens is 1. The Morgan fingerprint density at radius 2 is 2.05 bits per heavy atom. The second-order valence-electron chi connectivity index (χ2n) is 3.34. The fraction of sp³-hybridized carbons (Fsp3) is 0. The summed E-state index contributed by atoms with van der Waals surface area (Å²) in [6.07, 6.45) is 3.63. The van der Waals surface area contributed by atoms with Gasteiger partial charge in [0, 0.05) is 6.20 Å². The number of aromatic amines is 1. The highest BCUT2D eigenvalue weighted by Crippen LogP contribution is 2.15. The summed E-state index contributed by atoms with van der Waals surface area (Å²) in [6, 6.07) is 1.05. The zero-order valence-electron chi connectivity index (χ0n) is 9.09. The number of rotatable bonds is 3.